The highest BCUT2D eigenvalue weighted by Gasteiger charge is 2.22. The number of nitro groups is 1. The van der Waals surface area contributed by atoms with Crippen LogP contribution in [-0.4, -0.2) is 42.8 Å². The number of non-ortho nitro benzene ring substituents is 1. The highest BCUT2D eigenvalue weighted by atomic mass is 16.6. The molecule has 0 aliphatic carbocycles. The summed E-state index contributed by atoms with van der Waals surface area (Å²) >= 11 is 0. The van der Waals surface area contributed by atoms with E-state index >= 15 is 0 Å². The maximum absolute atomic E-state index is 11.2. The molecule has 1 N–H and O–H groups in total. The fraction of sp³-hybridized carbons (Fsp3) is 0.105. The van der Waals surface area contributed by atoms with E-state index in [1.54, 1.807) is 22.8 Å². The molecular weight excluding hydrogens is 378 g/mol. The van der Waals surface area contributed by atoms with Crippen LogP contribution >= 0.6 is 0 Å². The van der Waals surface area contributed by atoms with Crippen molar-refractivity contribution in [2.75, 3.05) is 13.2 Å². The summed E-state index contributed by atoms with van der Waals surface area (Å²) in [5, 5.41) is 21.6. The molecule has 0 radical (unpaired) electrons. The van der Waals surface area contributed by atoms with Crippen LogP contribution < -0.4 is 9.47 Å². The minimum atomic E-state index is -0.531. The summed E-state index contributed by atoms with van der Waals surface area (Å²) in [4.78, 5) is 23.7. The molecule has 1 aliphatic heterocycles. The Bertz CT molecular complexity index is 1270. The SMILES string of the molecule is O=[N+]([O-])c1ccc(O)c(-c2nc3nccnc3n2-c2ccc3c(c2)OCCO3)c1. The van der Waals surface area contributed by atoms with E-state index in [1.165, 1.54) is 30.6 Å². The molecule has 0 bridgehead atoms. The lowest BCUT2D eigenvalue weighted by atomic mass is 10.1. The fourth-order valence-electron chi connectivity index (χ4n) is 3.22. The molecule has 0 saturated carbocycles. The summed E-state index contributed by atoms with van der Waals surface area (Å²) in [6, 6.07) is 9.09. The molecule has 0 atom stereocenters. The molecule has 0 unspecified atom stereocenters. The zero-order valence-corrected chi connectivity index (χ0v) is 14.8. The molecule has 4 aromatic rings. The number of aromatic nitrogens is 4. The number of phenolic OH excluding ortho intramolecular Hbond substituents is 1. The van der Waals surface area contributed by atoms with Crippen molar-refractivity contribution >= 4 is 17.0 Å². The van der Waals surface area contributed by atoms with Gasteiger partial charge >= 0.3 is 0 Å². The lowest BCUT2D eigenvalue weighted by Gasteiger charge is -2.19. The van der Waals surface area contributed by atoms with E-state index < -0.39 is 4.92 Å². The maximum Gasteiger partial charge on any atom is 0.270 e. The summed E-state index contributed by atoms with van der Waals surface area (Å²) in [6.45, 7) is 0.901. The Balaban J connectivity index is 1.78. The topological polar surface area (TPSA) is 125 Å². The van der Waals surface area contributed by atoms with Crippen molar-refractivity contribution in [3.63, 3.8) is 0 Å². The van der Waals surface area contributed by atoms with Crippen LogP contribution in [0.2, 0.25) is 0 Å². The lowest BCUT2D eigenvalue weighted by Crippen LogP contribution is -2.15. The summed E-state index contributed by atoms with van der Waals surface area (Å²) in [5.74, 6) is 1.30. The van der Waals surface area contributed by atoms with E-state index in [0.29, 0.717) is 41.7 Å². The highest BCUT2D eigenvalue weighted by molar-refractivity contribution is 5.80. The summed E-state index contributed by atoms with van der Waals surface area (Å²) in [5.41, 5.74) is 1.43. The van der Waals surface area contributed by atoms with Crippen LogP contribution in [0, 0.1) is 10.1 Å². The van der Waals surface area contributed by atoms with Gasteiger partial charge in [0.2, 0.25) is 0 Å². The molecule has 0 fully saturated rings. The van der Waals surface area contributed by atoms with Gasteiger partial charge in [0.1, 0.15) is 19.0 Å². The molecule has 1 aliphatic rings. The molecule has 0 saturated heterocycles. The zero-order valence-electron chi connectivity index (χ0n) is 14.8. The van der Waals surface area contributed by atoms with Crippen LogP contribution in [0.3, 0.4) is 0 Å². The second-order valence-electron chi connectivity index (χ2n) is 6.26. The van der Waals surface area contributed by atoms with Crippen molar-refractivity contribution in [2.45, 2.75) is 0 Å². The van der Waals surface area contributed by atoms with Gasteiger partial charge in [-0.2, -0.15) is 0 Å². The lowest BCUT2D eigenvalue weighted by molar-refractivity contribution is -0.384. The third kappa shape index (κ3) is 2.78. The normalized spacial score (nSPS) is 12.8. The first-order valence-electron chi connectivity index (χ1n) is 8.69. The van der Waals surface area contributed by atoms with Crippen LogP contribution in [0.1, 0.15) is 0 Å². The van der Waals surface area contributed by atoms with Gasteiger partial charge in [-0.1, -0.05) is 0 Å². The number of rotatable bonds is 3. The number of nitrogens with zero attached hydrogens (tertiary/aromatic N) is 5. The van der Waals surface area contributed by atoms with Crippen molar-refractivity contribution in [2.24, 2.45) is 0 Å². The molecule has 2 aromatic heterocycles. The Morgan fingerprint density at radius 2 is 1.83 bits per heavy atom. The molecule has 5 rings (SSSR count). The van der Waals surface area contributed by atoms with Gasteiger partial charge in [0.25, 0.3) is 5.69 Å². The number of benzene rings is 2. The van der Waals surface area contributed by atoms with Gasteiger partial charge in [-0.3, -0.25) is 14.7 Å². The Hall–Kier alpha value is -4.21. The minimum Gasteiger partial charge on any atom is -0.507 e. The summed E-state index contributed by atoms with van der Waals surface area (Å²) < 4.78 is 12.9. The Morgan fingerprint density at radius 3 is 2.66 bits per heavy atom. The Morgan fingerprint density at radius 1 is 1.03 bits per heavy atom. The van der Waals surface area contributed by atoms with Gasteiger partial charge in [0.05, 0.1) is 16.2 Å². The van der Waals surface area contributed by atoms with Gasteiger partial charge < -0.3 is 14.6 Å². The third-order valence-corrected chi connectivity index (χ3v) is 4.51. The molecular formula is C19H13N5O5. The maximum atomic E-state index is 11.2. The smallest absolute Gasteiger partial charge is 0.270 e. The molecule has 0 amide bonds. The third-order valence-electron chi connectivity index (χ3n) is 4.51. The average molecular weight is 391 g/mol. The first-order valence-corrected chi connectivity index (χ1v) is 8.69. The summed E-state index contributed by atoms with van der Waals surface area (Å²) in [6.07, 6.45) is 3.02. The average Bonchev–Trinajstić information content (AvgIpc) is 3.13. The predicted octanol–water partition coefficient (Wildman–Crippen LogP) is 2.87. The van der Waals surface area contributed by atoms with E-state index in [1.807, 2.05) is 0 Å². The van der Waals surface area contributed by atoms with E-state index in [9.17, 15) is 15.2 Å². The van der Waals surface area contributed by atoms with Crippen LogP contribution in [-0.2, 0) is 0 Å². The number of ether oxygens (including phenoxy) is 2. The van der Waals surface area contributed by atoms with Crippen molar-refractivity contribution in [1.29, 1.82) is 0 Å². The van der Waals surface area contributed by atoms with Gasteiger partial charge in [0, 0.05) is 30.6 Å². The molecule has 0 spiro atoms. The number of hydrogen-bond acceptors (Lipinski definition) is 8. The van der Waals surface area contributed by atoms with Gasteiger partial charge in [-0.05, 0) is 18.2 Å². The van der Waals surface area contributed by atoms with Crippen LogP contribution in [0.25, 0.3) is 28.4 Å². The predicted molar refractivity (Wildman–Crippen MR) is 101 cm³/mol. The molecule has 29 heavy (non-hydrogen) atoms. The van der Waals surface area contributed by atoms with Crippen LogP contribution in [0.5, 0.6) is 17.2 Å². The number of hydrogen-bond donors (Lipinski definition) is 1. The summed E-state index contributed by atoms with van der Waals surface area (Å²) in [7, 11) is 0. The highest BCUT2D eigenvalue weighted by Crippen LogP contribution is 2.37. The second kappa shape index (κ2) is 6.44. The molecule has 144 valence electrons. The zero-order chi connectivity index (χ0) is 20.0. The van der Waals surface area contributed by atoms with E-state index in [2.05, 4.69) is 15.0 Å². The van der Waals surface area contributed by atoms with Crippen LogP contribution in [0.15, 0.2) is 48.8 Å². The van der Waals surface area contributed by atoms with Crippen molar-refractivity contribution in [3.05, 3.63) is 58.9 Å². The quantitative estimate of drug-likeness (QED) is 0.417. The monoisotopic (exact) mass is 391 g/mol. The van der Waals surface area contributed by atoms with E-state index in [-0.39, 0.29) is 22.8 Å². The Kier molecular flexibility index (Phi) is 3.76. The first kappa shape index (κ1) is 16.9. The van der Waals surface area contributed by atoms with Gasteiger partial charge in [-0.25, -0.2) is 15.0 Å². The van der Waals surface area contributed by atoms with E-state index in [4.69, 9.17) is 9.47 Å². The molecule has 10 heteroatoms. The standard InChI is InChI=1S/C19H13N5O5/c25-14-3-1-12(24(26)27)9-13(14)18-22-17-19(21-6-5-20-17)23(18)11-2-4-15-16(10-11)29-8-7-28-15/h1-6,9-10,25H,7-8H2. The largest absolute Gasteiger partial charge is 0.507 e. The number of imidazole rings is 1. The van der Waals surface area contributed by atoms with Crippen molar-refractivity contribution in [1.82, 2.24) is 19.5 Å². The van der Waals surface area contributed by atoms with Gasteiger partial charge in [0.15, 0.2) is 28.6 Å². The number of aromatic hydroxyl groups is 1. The molecule has 10 nitrogen and oxygen atoms in total. The fourth-order valence-corrected chi connectivity index (χ4v) is 3.22. The Labute approximate surface area is 163 Å². The van der Waals surface area contributed by atoms with Crippen LogP contribution in [0.4, 0.5) is 5.69 Å². The number of phenols is 1. The first-order chi connectivity index (χ1) is 14.1. The number of fused-ring (bicyclic) bond motifs is 2. The minimum absolute atomic E-state index is 0.148. The van der Waals surface area contributed by atoms with E-state index in [0.717, 1.165) is 0 Å². The van der Waals surface area contributed by atoms with Crippen molar-refractivity contribution in [3.8, 4) is 34.3 Å². The van der Waals surface area contributed by atoms with Gasteiger partial charge in [-0.15, -0.1) is 0 Å². The molecule has 3 heterocycles. The molecule has 2 aromatic carbocycles. The van der Waals surface area contributed by atoms with Crippen molar-refractivity contribution < 1.29 is 19.5 Å². The second-order valence-corrected chi connectivity index (χ2v) is 6.26. The number of nitro benzene ring substituents is 1.